The topological polar surface area (TPSA) is 59.0 Å². The molecule has 5 nitrogen and oxygen atoms in total. The Balaban J connectivity index is 1.82. The van der Waals surface area contributed by atoms with E-state index in [1.54, 1.807) is 23.1 Å². The fourth-order valence-corrected chi connectivity index (χ4v) is 2.41. The first-order chi connectivity index (χ1) is 9.79. The number of aliphatic hydroxyl groups excluding tert-OH is 1. The van der Waals surface area contributed by atoms with Gasteiger partial charge in [-0.2, -0.15) is 0 Å². The Kier molecular flexibility index (Phi) is 3.78. The van der Waals surface area contributed by atoms with E-state index in [0.29, 0.717) is 36.8 Å². The number of amides is 1. The highest BCUT2D eigenvalue weighted by atomic mass is 16.5. The second-order valence-corrected chi connectivity index (χ2v) is 5.17. The maximum Gasteiger partial charge on any atom is 0.254 e. The van der Waals surface area contributed by atoms with Crippen LogP contribution in [0.1, 0.15) is 29.6 Å². The van der Waals surface area contributed by atoms with Crippen molar-refractivity contribution in [3.05, 3.63) is 23.8 Å². The minimum atomic E-state index is -0.0443. The molecular weight excluding hydrogens is 258 g/mol. The van der Waals surface area contributed by atoms with Gasteiger partial charge in [0.25, 0.3) is 5.91 Å². The largest absolute Gasteiger partial charge is 0.490 e. The molecule has 0 aromatic heterocycles. The third kappa shape index (κ3) is 2.72. The third-order valence-corrected chi connectivity index (χ3v) is 3.58. The molecule has 108 valence electrons. The molecule has 0 atom stereocenters. The van der Waals surface area contributed by atoms with Crippen LogP contribution in [0.5, 0.6) is 11.5 Å². The van der Waals surface area contributed by atoms with E-state index in [1.165, 1.54) is 0 Å². The molecule has 2 aliphatic rings. The molecule has 0 unspecified atom stereocenters. The van der Waals surface area contributed by atoms with Crippen molar-refractivity contribution in [2.75, 3.05) is 26.4 Å². The quantitative estimate of drug-likeness (QED) is 0.905. The number of rotatable bonds is 4. The van der Waals surface area contributed by atoms with Gasteiger partial charge in [0.15, 0.2) is 11.5 Å². The van der Waals surface area contributed by atoms with Crippen molar-refractivity contribution in [3.8, 4) is 11.5 Å². The lowest BCUT2D eigenvalue weighted by atomic mass is 10.1. The molecule has 5 heteroatoms. The van der Waals surface area contributed by atoms with Gasteiger partial charge < -0.3 is 19.5 Å². The van der Waals surface area contributed by atoms with Crippen LogP contribution >= 0.6 is 0 Å². The summed E-state index contributed by atoms with van der Waals surface area (Å²) < 4.78 is 11.2. The summed E-state index contributed by atoms with van der Waals surface area (Å²) in [5.41, 5.74) is 0.592. The van der Waals surface area contributed by atoms with Gasteiger partial charge in [0.05, 0.1) is 19.8 Å². The predicted octanol–water partition coefficient (Wildman–Crippen LogP) is 1.44. The molecule has 1 saturated carbocycles. The van der Waals surface area contributed by atoms with E-state index < -0.39 is 0 Å². The maximum atomic E-state index is 12.5. The SMILES string of the molecule is O=C(c1ccc2c(c1)OCCCO2)N(CCO)C1CC1. The number of nitrogens with zero attached hydrogens (tertiary/aromatic N) is 1. The molecule has 1 heterocycles. The highest BCUT2D eigenvalue weighted by molar-refractivity contribution is 5.95. The second-order valence-electron chi connectivity index (χ2n) is 5.17. The summed E-state index contributed by atoms with van der Waals surface area (Å²) in [5.74, 6) is 1.28. The summed E-state index contributed by atoms with van der Waals surface area (Å²) in [5, 5.41) is 9.10. The minimum absolute atomic E-state index is 0.00715. The van der Waals surface area contributed by atoms with E-state index >= 15 is 0 Å². The van der Waals surface area contributed by atoms with E-state index in [0.717, 1.165) is 19.3 Å². The first kappa shape index (κ1) is 13.2. The van der Waals surface area contributed by atoms with E-state index in [9.17, 15) is 4.79 Å². The smallest absolute Gasteiger partial charge is 0.254 e. The standard InChI is InChI=1S/C15H19NO4/c17-7-6-16(12-3-4-12)15(18)11-2-5-13-14(10-11)20-9-1-8-19-13/h2,5,10,12,17H,1,3-4,6-9H2. The highest BCUT2D eigenvalue weighted by Gasteiger charge is 2.32. The van der Waals surface area contributed by atoms with Crippen molar-refractivity contribution < 1.29 is 19.4 Å². The Hall–Kier alpha value is -1.75. The number of carbonyl (C=O) groups excluding carboxylic acids is 1. The van der Waals surface area contributed by atoms with E-state index in [-0.39, 0.29) is 18.6 Å². The Morgan fingerprint density at radius 3 is 2.70 bits per heavy atom. The Labute approximate surface area is 118 Å². The summed E-state index contributed by atoms with van der Waals surface area (Å²) in [6.45, 7) is 1.62. The molecule has 0 spiro atoms. The van der Waals surface area contributed by atoms with Crippen LogP contribution in [0.4, 0.5) is 0 Å². The Morgan fingerprint density at radius 1 is 1.25 bits per heavy atom. The van der Waals surface area contributed by atoms with Crippen molar-refractivity contribution in [1.82, 2.24) is 4.90 Å². The molecule has 0 saturated heterocycles. The average molecular weight is 277 g/mol. The van der Waals surface area contributed by atoms with E-state index in [4.69, 9.17) is 14.6 Å². The van der Waals surface area contributed by atoms with Crippen LogP contribution in [0.25, 0.3) is 0 Å². The monoisotopic (exact) mass is 277 g/mol. The van der Waals surface area contributed by atoms with E-state index in [1.807, 2.05) is 0 Å². The van der Waals surface area contributed by atoms with Gasteiger partial charge in [-0.25, -0.2) is 0 Å². The minimum Gasteiger partial charge on any atom is -0.490 e. The summed E-state index contributed by atoms with van der Waals surface area (Å²) in [4.78, 5) is 14.3. The molecule has 1 amide bonds. The van der Waals surface area contributed by atoms with Crippen LogP contribution < -0.4 is 9.47 Å². The van der Waals surface area contributed by atoms with Crippen LogP contribution in [0.2, 0.25) is 0 Å². The van der Waals surface area contributed by atoms with Crippen molar-refractivity contribution >= 4 is 5.91 Å². The number of benzene rings is 1. The molecule has 20 heavy (non-hydrogen) atoms. The molecule has 1 aromatic rings. The van der Waals surface area contributed by atoms with Crippen molar-refractivity contribution in [1.29, 1.82) is 0 Å². The fourth-order valence-electron chi connectivity index (χ4n) is 2.41. The Morgan fingerprint density at radius 2 is 2.00 bits per heavy atom. The number of ether oxygens (including phenoxy) is 2. The Bertz CT molecular complexity index is 499. The molecule has 1 aliphatic carbocycles. The number of fused-ring (bicyclic) bond motifs is 1. The number of hydrogen-bond donors (Lipinski definition) is 1. The van der Waals surface area contributed by atoms with Gasteiger partial charge in [-0.15, -0.1) is 0 Å². The lowest BCUT2D eigenvalue weighted by molar-refractivity contribution is 0.0707. The van der Waals surface area contributed by atoms with Crippen molar-refractivity contribution in [2.45, 2.75) is 25.3 Å². The molecule has 1 aliphatic heterocycles. The van der Waals surface area contributed by atoms with Crippen molar-refractivity contribution in [3.63, 3.8) is 0 Å². The van der Waals surface area contributed by atoms with Gasteiger partial charge >= 0.3 is 0 Å². The fraction of sp³-hybridized carbons (Fsp3) is 0.533. The van der Waals surface area contributed by atoms with Crippen LogP contribution in [-0.4, -0.2) is 48.3 Å². The zero-order valence-electron chi connectivity index (χ0n) is 11.4. The molecule has 0 radical (unpaired) electrons. The number of carbonyl (C=O) groups is 1. The van der Waals surface area contributed by atoms with Gasteiger partial charge in [-0.3, -0.25) is 4.79 Å². The normalized spacial score (nSPS) is 17.4. The van der Waals surface area contributed by atoms with Gasteiger partial charge in [0.1, 0.15) is 0 Å². The van der Waals surface area contributed by atoms with Crippen LogP contribution in [-0.2, 0) is 0 Å². The molecule has 1 N–H and O–H groups in total. The molecule has 3 rings (SSSR count). The predicted molar refractivity (Wildman–Crippen MR) is 73.2 cm³/mol. The summed E-state index contributed by atoms with van der Waals surface area (Å²) >= 11 is 0. The average Bonchev–Trinajstić information content (AvgIpc) is 3.29. The van der Waals surface area contributed by atoms with Crippen LogP contribution in [0.15, 0.2) is 18.2 Å². The molecule has 0 bridgehead atoms. The van der Waals surface area contributed by atoms with E-state index in [2.05, 4.69) is 0 Å². The first-order valence-electron chi connectivity index (χ1n) is 7.11. The van der Waals surface area contributed by atoms with Crippen LogP contribution in [0.3, 0.4) is 0 Å². The molecule has 1 fully saturated rings. The van der Waals surface area contributed by atoms with Gasteiger partial charge in [-0.1, -0.05) is 0 Å². The first-order valence-corrected chi connectivity index (χ1v) is 7.11. The number of aliphatic hydroxyl groups is 1. The zero-order chi connectivity index (χ0) is 13.9. The summed E-state index contributed by atoms with van der Waals surface area (Å²) in [6.07, 6.45) is 2.89. The zero-order valence-corrected chi connectivity index (χ0v) is 11.4. The molecular formula is C15H19NO4. The number of hydrogen-bond acceptors (Lipinski definition) is 4. The van der Waals surface area contributed by atoms with Crippen LogP contribution in [0, 0.1) is 0 Å². The highest BCUT2D eigenvalue weighted by Crippen LogP contribution is 2.32. The van der Waals surface area contributed by atoms with Gasteiger partial charge in [0, 0.05) is 24.6 Å². The lowest BCUT2D eigenvalue weighted by Gasteiger charge is -2.21. The summed E-state index contributed by atoms with van der Waals surface area (Å²) in [6, 6.07) is 5.58. The third-order valence-electron chi connectivity index (χ3n) is 3.58. The molecule has 1 aromatic carbocycles. The summed E-state index contributed by atoms with van der Waals surface area (Å²) in [7, 11) is 0. The second kappa shape index (κ2) is 5.71. The van der Waals surface area contributed by atoms with Gasteiger partial charge in [0.2, 0.25) is 0 Å². The van der Waals surface area contributed by atoms with Crippen molar-refractivity contribution in [2.24, 2.45) is 0 Å². The lowest BCUT2D eigenvalue weighted by Crippen LogP contribution is -2.35. The van der Waals surface area contributed by atoms with Gasteiger partial charge in [-0.05, 0) is 31.0 Å². The maximum absolute atomic E-state index is 12.5.